The summed E-state index contributed by atoms with van der Waals surface area (Å²) >= 11 is 2.69. The number of rotatable bonds is 23. The van der Waals surface area contributed by atoms with Crippen LogP contribution < -0.4 is 60.5 Å². The van der Waals surface area contributed by atoms with Crippen LogP contribution in [0.4, 0.5) is 4.79 Å². The molecule has 2 saturated carbocycles. The number of esters is 4. The van der Waals surface area contributed by atoms with Crippen molar-refractivity contribution < 1.29 is 106 Å². The summed E-state index contributed by atoms with van der Waals surface area (Å²) in [4.78, 5) is 139. The quantitative estimate of drug-likeness (QED) is 0.0135. The number of aliphatic hydroxyl groups is 3. The number of nitrogens with one attached hydrogen (secondary N) is 4. The van der Waals surface area contributed by atoms with E-state index in [0.29, 0.717) is 86.7 Å². The van der Waals surface area contributed by atoms with Crippen LogP contribution in [0, 0.1) is 16.7 Å². The van der Waals surface area contributed by atoms with Crippen LogP contribution >= 0.6 is 23.5 Å². The fourth-order valence-electron chi connectivity index (χ4n) is 18.2. The Hall–Kier alpha value is -11.3. The van der Waals surface area contributed by atoms with Gasteiger partial charge in [0, 0.05) is 61.8 Å². The molecule has 6 aliphatic rings. The number of aliphatic hydroxyl groups excluding tert-OH is 2. The van der Waals surface area contributed by atoms with E-state index in [-0.39, 0.29) is 65.0 Å². The highest BCUT2D eigenvalue weighted by Crippen LogP contribution is 2.65. The van der Waals surface area contributed by atoms with Gasteiger partial charge in [0.1, 0.15) is 23.9 Å². The average Bonchev–Trinajstić information content (AvgIpc) is 1.16. The molecule has 0 spiro atoms. The molecule has 0 aromatic heterocycles. The third-order valence-electron chi connectivity index (χ3n) is 24.2. The second-order valence-corrected chi connectivity index (χ2v) is 32.9. The maximum absolute atomic E-state index is 15.5. The summed E-state index contributed by atoms with van der Waals surface area (Å²) in [6, 6.07) is 35.6. The molecule has 7 aromatic rings. The van der Waals surface area contributed by atoms with Gasteiger partial charge in [-0.05, 0) is 163 Å². The monoisotopic (exact) mass is 1700 g/mol. The summed E-state index contributed by atoms with van der Waals surface area (Å²) in [6.07, 6.45) is -4.84. The third-order valence-corrected chi connectivity index (χ3v) is 25.8. The summed E-state index contributed by atoms with van der Waals surface area (Å²) in [7, 11) is 9.31. The van der Waals surface area contributed by atoms with E-state index >= 15 is 4.79 Å². The first kappa shape index (κ1) is 89.0. The predicted octanol–water partition coefficient (Wildman–Crippen LogP) is 10.5. The number of thioether (sulfide) groups is 2. The summed E-state index contributed by atoms with van der Waals surface area (Å²) in [5.74, 6) is -4.35. The van der Waals surface area contributed by atoms with Crippen LogP contribution in [-0.2, 0) is 60.5 Å². The van der Waals surface area contributed by atoms with Gasteiger partial charge in [-0.15, -0.1) is 23.5 Å². The van der Waals surface area contributed by atoms with Gasteiger partial charge >= 0.3 is 29.9 Å². The topological polar surface area (TPSA) is 381 Å². The average molecular weight is 1700 g/mol. The molecule has 3 fully saturated rings. The largest absolute Gasteiger partial charge is 0.493 e. The standard InChI is InChI=1S/C47H51NO14.C44H49N3O10S2/c1-25-31(60-43(56)36(52)35(28-16-10-7-11-17-28)48-41(54)29-18-12-8-13-19-29)23-47(57)40(61-42(55)30-20-14-9-15-21-30)38-45(6,32(51)22-33-46(38,24-58-33)62-27(3)50)39(53)37(59-26(2)49)34(25)44(47,4)5;1-52-33-19-23-9-13-29(27-21-31(48)35(58-7)15-11-25(27)38(23)42(56-5)40(33)54-3)46-37(50)17-18-45-44(51)47-30-14-10-24-20-34(53-2)41(55-4)43(57-6)39(24)26-12-16-36(59-8)32(49)22-28(26)30/h7-21,31-33,35-38,40,51-52,57H,22-24H2,1-6H3,(H,48,54);11-12,15-16,19-22,29-30H,9-10,13-14,17-18H2,1-8H3,(H,46,50)(H2,45,47,51)/t31-,32-,33+,35-,36+,37+,38-,40-,45+,46-,47+;29-,30-/m00/s1. The molecule has 1 saturated heterocycles. The molecule has 30 heteroatoms. The number of methoxy groups -OCH3 is 6. The van der Waals surface area contributed by atoms with Crippen molar-refractivity contribution in [2.75, 3.05) is 68.3 Å². The number of benzene rings is 5. The van der Waals surface area contributed by atoms with E-state index < -0.39 is 131 Å². The number of aryl methyl sites for hydroxylation is 2. The SMILES string of the molecule is CC(=O)O[C@H]1C(=O)[C@@]2(C)[C@H]([C@H](OC(=O)c3ccccc3)[C@]3(O)C[C@H](OC(=O)[C@H](O)[C@@H](NC(=O)c4ccccc4)c4ccccc4)C(C)=C1C3(C)C)[C@]1(OC(C)=O)CO[C@@H]1C[C@@H]2O.COc1cc2c(c(OC)c1OC)-c1ccc(SC)c(=O)cc1[C@@H](NC(=O)CCNC(=O)N[C@H]1CCc3cc(OC)c(OC)c(OC)c3-c3ccc(SC)c(=O)cc31)CC2. The minimum atomic E-state index is -2.39. The molecule has 1 aliphatic heterocycles. The lowest BCUT2D eigenvalue weighted by Crippen LogP contribution is -2.82. The highest BCUT2D eigenvalue weighted by molar-refractivity contribution is 7.98. The molecule has 28 nitrogen and oxygen atoms in total. The second-order valence-electron chi connectivity index (χ2n) is 31.2. The van der Waals surface area contributed by atoms with Crippen molar-refractivity contribution in [3.63, 3.8) is 0 Å². The van der Waals surface area contributed by atoms with Gasteiger partial charge in [-0.1, -0.05) is 92.7 Å². The zero-order chi connectivity index (χ0) is 87.3. The Morgan fingerprint density at radius 3 is 1.61 bits per heavy atom. The Kier molecular flexibility index (Phi) is 27.2. The van der Waals surface area contributed by atoms with E-state index in [1.165, 1.54) is 56.6 Å². The predicted molar refractivity (Wildman–Crippen MR) is 448 cm³/mol. The molecule has 640 valence electrons. The maximum Gasteiger partial charge on any atom is 0.338 e. The van der Waals surface area contributed by atoms with Crippen molar-refractivity contribution >= 4 is 71.0 Å². The van der Waals surface area contributed by atoms with Crippen LogP contribution in [0.1, 0.15) is 140 Å². The van der Waals surface area contributed by atoms with Gasteiger partial charge in [0.15, 0.2) is 57.4 Å². The Bertz CT molecular complexity index is 5160. The number of ketones is 1. The van der Waals surface area contributed by atoms with Crippen molar-refractivity contribution in [2.45, 2.75) is 162 Å². The molecular formula is C91H100N4O24S2. The van der Waals surface area contributed by atoms with Gasteiger partial charge in [0.2, 0.25) is 17.4 Å². The summed E-state index contributed by atoms with van der Waals surface area (Å²) < 4.78 is 64.7. The van der Waals surface area contributed by atoms with Crippen molar-refractivity contribution in [1.82, 2.24) is 21.3 Å². The molecule has 0 unspecified atom stereocenters. The Morgan fingerprint density at radius 2 is 1.13 bits per heavy atom. The highest BCUT2D eigenvalue weighted by Gasteiger charge is 2.78. The lowest BCUT2D eigenvalue weighted by molar-refractivity contribution is -0.346. The molecule has 7 N–H and O–H groups in total. The Labute approximate surface area is 708 Å². The Morgan fingerprint density at radius 1 is 0.620 bits per heavy atom. The van der Waals surface area contributed by atoms with Gasteiger partial charge < -0.3 is 88.7 Å². The molecule has 7 aromatic carbocycles. The molecule has 13 atom stereocenters. The number of Topliss-reactive ketones (excluding diaryl/α,β-unsaturated/α-hetero) is 1. The van der Waals surface area contributed by atoms with E-state index in [2.05, 4.69) is 21.3 Å². The lowest BCUT2D eigenvalue weighted by atomic mass is 9.44. The van der Waals surface area contributed by atoms with Gasteiger partial charge in [-0.3, -0.25) is 33.6 Å². The van der Waals surface area contributed by atoms with Crippen molar-refractivity contribution in [2.24, 2.45) is 16.7 Å². The highest BCUT2D eigenvalue weighted by atomic mass is 32.2. The van der Waals surface area contributed by atoms with Crippen LogP contribution in [0.3, 0.4) is 0 Å². The molecule has 1 heterocycles. The van der Waals surface area contributed by atoms with E-state index in [4.69, 9.17) is 52.1 Å². The van der Waals surface area contributed by atoms with Crippen LogP contribution in [-0.4, -0.2) is 179 Å². The normalized spacial score (nSPS) is 23.7. The number of hydrogen-bond donors (Lipinski definition) is 7. The second kappa shape index (κ2) is 37.0. The maximum atomic E-state index is 15.5. The van der Waals surface area contributed by atoms with Gasteiger partial charge in [0.25, 0.3) is 5.91 Å². The molecule has 13 rings (SSSR count). The fraction of sp³-hybridized carbons (Fsp3) is 0.407. The number of amides is 4. The van der Waals surface area contributed by atoms with Crippen LogP contribution in [0.2, 0.25) is 0 Å². The van der Waals surface area contributed by atoms with Crippen LogP contribution in [0.15, 0.2) is 170 Å². The number of hydrogen-bond acceptors (Lipinski definition) is 26. The van der Waals surface area contributed by atoms with Crippen molar-refractivity contribution in [3.8, 4) is 56.8 Å². The molecule has 0 radical (unpaired) electrons. The zero-order valence-corrected chi connectivity index (χ0v) is 71.3. The number of urea groups is 1. The van der Waals surface area contributed by atoms with Crippen LogP contribution in [0.5, 0.6) is 34.5 Å². The first-order valence-electron chi connectivity index (χ1n) is 39.5. The minimum Gasteiger partial charge on any atom is -0.493 e. The van der Waals surface area contributed by atoms with Gasteiger partial charge in [-0.25, -0.2) is 14.4 Å². The number of fused-ring (bicyclic) bond motifs is 11. The smallest absolute Gasteiger partial charge is 0.338 e. The number of carbonyl (C=O) groups is 8. The van der Waals surface area contributed by atoms with Crippen LogP contribution in [0.25, 0.3) is 22.3 Å². The summed E-state index contributed by atoms with van der Waals surface area (Å²) in [6.45, 7) is 8.00. The lowest BCUT2D eigenvalue weighted by Gasteiger charge is -2.67. The Balaban J connectivity index is 0.000000222. The van der Waals surface area contributed by atoms with E-state index in [1.54, 1.807) is 153 Å². The number of ether oxygens (including phenoxy) is 11. The van der Waals surface area contributed by atoms with E-state index in [0.717, 1.165) is 47.2 Å². The van der Waals surface area contributed by atoms with Crippen molar-refractivity contribution in [1.29, 1.82) is 0 Å². The fourth-order valence-corrected chi connectivity index (χ4v) is 19.1. The third kappa shape index (κ3) is 17.0. The van der Waals surface area contributed by atoms with E-state index in [1.807, 2.05) is 36.8 Å². The molecule has 4 amide bonds. The minimum absolute atomic E-state index is 0.00289. The summed E-state index contributed by atoms with van der Waals surface area (Å²) in [5, 5.41) is 49.3. The molecule has 5 aliphatic carbocycles. The molecule has 121 heavy (non-hydrogen) atoms. The first-order chi connectivity index (χ1) is 57.8. The van der Waals surface area contributed by atoms with Gasteiger partial charge in [0.05, 0.1) is 100 Å². The molecule has 2 bridgehead atoms. The zero-order valence-electron chi connectivity index (χ0n) is 69.6. The molecular weight excluding hydrogens is 1600 g/mol. The van der Waals surface area contributed by atoms with Gasteiger partial charge in [-0.2, -0.15) is 0 Å². The first-order valence-corrected chi connectivity index (χ1v) is 41.9. The van der Waals surface area contributed by atoms with Crippen molar-refractivity contribution in [3.05, 3.63) is 210 Å². The van der Waals surface area contributed by atoms with E-state index in [9.17, 15) is 58.5 Å². The summed E-state index contributed by atoms with van der Waals surface area (Å²) in [5.41, 5.74) is -1.28. The number of carbonyl (C=O) groups excluding carboxylic acids is 8.